The first-order valence-corrected chi connectivity index (χ1v) is 7.97. The number of carbonyl (C=O) groups excluding carboxylic acids is 1. The van der Waals surface area contributed by atoms with E-state index in [-0.39, 0.29) is 11.5 Å². The number of carbonyl (C=O) groups is 1. The van der Waals surface area contributed by atoms with Crippen LogP contribution in [0.15, 0.2) is 16.9 Å². The van der Waals surface area contributed by atoms with Crippen molar-refractivity contribution in [2.45, 2.75) is 57.0 Å². The van der Waals surface area contributed by atoms with Gasteiger partial charge in [-0.05, 0) is 50.6 Å². The van der Waals surface area contributed by atoms with Crippen LogP contribution in [0.2, 0.25) is 0 Å². The highest BCUT2D eigenvalue weighted by Crippen LogP contribution is 2.27. The SMILES string of the molecule is O=C(CCCNC1CCCc2[nH]c(=O)ccc21)NC1CC1. The van der Waals surface area contributed by atoms with Crippen LogP contribution in [0.4, 0.5) is 0 Å². The molecular formula is C16H23N3O2. The van der Waals surface area contributed by atoms with Crippen molar-refractivity contribution in [3.63, 3.8) is 0 Å². The number of aromatic nitrogens is 1. The summed E-state index contributed by atoms with van der Waals surface area (Å²) in [5, 5.41) is 6.53. The van der Waals surface area contributed by atoms with E-state index in [0.717, 1.165) is 50.8 Å². The molecule has 1 heterocycles. The molecule has 0 saturated heterocycles. The molecule has 1 amide bonds. The summed E-state index contributed by atoms with van der Waals surface area (Å²) in [6.07, 6.45) is 6.86. The van der Waals surface area contributed by atoms with Crippen LogP contribution in [-0.2, 0) is 11.2 Å². The number of aryl methyl sites for hydroxylation is 1. The number of pyridine rings is 1. The van der Waals surface area contributed by atoms with Crippen LogP contribution in [0.25, 0.3) is 0 Å². The van der Waals surface area contributed by atoms with Gasteiger partial charge in [-0.15, -0.1) is 0 Å². The van der Waals surface area contributed by atoms with Crippen molar-refractivity contribution in [3.8, 4) is 0 Å². The second-order valence-corrected chi connectivity index (χ2v) is 6.10. The summed E-state index contributed by atoms with van der Waals surface area (Å²) in [5.74, 6) is 0.174. The largest absolute Gasteiger partial charge is 0.353 e. The van der Waals surface area contributed by atoms with E-state index in [2.05, 4.69) is 15.6 Å². The molecule has 1 unspecified atom stereocenters. The van der Waals surface area contributed by atoms with Gasteiger partial charge in [-0.25, -0.2) is 0 Å². The Bertz CT molecular complexity index is 563. The van der Waals surface area contributed by atoms with Gasteiger partial charge in [-0.3, -0.25) is 9.59 Å². The Morgan fingerprint density at radius 2 is 2.14 bits per heavy atom. The molecule has 0 aliphatic heterocycles. The maximum atomic E-state index is 11.6. The Kier molecular flexibility index (Phi) is 4.39. The van der Waals surface area contributed by atoms with Crippen molar-refractivity contribution >= 4 is 5.91 Å². The molecule has 114 valence electrons. The molecule has 0 radical (unpaired) electrons. The standard InChI is InChI=1S/C16H23N3O2/c20-15(18-11-6-7-11)5-2-10-17-13-3-1-4-14-12(13)8-9-16(21)19-14/h8-9,11,13,17H,1-7,10H2,(H,18,20)(H,19,21). The van der Waals surface area contributed by atoms with Crippen molar-refractivity contribution in [2.75, 3.05) is 6.54 Å². The Balaban J connectivity index is 1.45. The zero-order valence-corrected chi connectivity index (χ0v) is 12.3. The second kappa shape index (κ2) is 6.43. The average Bonchev–Trinajstić information content (AvgIpc) is 3.27. The molecule has 3 rings (SSSR count). The second-order valence-electron chi connectivity index (χ2n) is 6.10. The van der Waals surface area contributed by atoms with Gasteiger partial charge in [0.1, 0.15) is 0 Å². The molecular weight excluding hydrogens is 266 g/mol. The Morgan fingerprint density at radius 1 is 1.29 bits per heavy atom. The van der Waals surface area contributed by atoms with Crippen LogP contribution in [0.5, 0.6) is 0 Å². The van der Waals surface area contributed by atoms with Crippen molar-refractivity contribution in [2.24, 2.45) is 0 Å². The van der Waals surface area contributed by atoms with Crippen LogP contribution in [-0.4, -0.2) is 23.5 Å². The molecule has 1 aromatic rings. The predicted octanol–water partition coefficient (Wildman–Crippen LogP) is 1.40. The van der Waals surface area contributed by atoms with Crippen molar-refractivity contribution < 1.29 is 4.79 Å². The van der Waals surface area contributed by atoms with E-state index in [4.69, 9.17) is 0 Å². The molecule has 1 aromatic heterocycles. The van der Waals surface area contributed by atoms with Gasteiger partial charge in [0, 0.05) is 30.3 Å². The zero-order chi connectivity index (χ0) is 14.7. The van der Waals surface area contributed by atoms with Crippen LogP contribution >= 0.6 is 0 Å². The molecule has 2 aliphatic carbocycles. The number of aromatic amines is 1. The quantitative estimate of drug-likeness (QED) is 0.693. The first-order valence-electron chi connectivity index (χ1n) is 7.97. The van der Waals surface area contributed by atoms with E-state index in [1.165, 1.54) is 5.56 Å². The number of rotatable bonds is 6. The predicted molar refractivity (Wildman–Crippen MR) is 81.1 cm³/mol. The minimum Gasteiger partial charge on any atom is -0.353 e. The highest BCUT2D eigenvalue weighted by atomic mass is 16.1. The number of nitrogens with one attached hydrogen (secondary N) is 3. The van der Waals surface area contributed by atoms with Gasteiger partial charge in [-0.1, -0.05) is 6.07 Å². The summed E-state index contributed by atoms with van der Waals surface area (Å²) >= 11 is 0. The molecule has 1 fully saturated rings. The topological polar surface area (TPSA) is 74.0 Å². The molecule has 21 heavy (non-hydrogen) atoms. The highest BCUT2D eigenvalue weighted by Gasteiger charge is 2.23. The summed E-state index contributed by atoms with van der Waals surface area (Å²) in [6, 6.07) is 4.29. The Labute approximate surface area is 124 Å². The maximum Gasteiger partial charge on any atom is 0.248 e. The van der Waals surface area contributed by atoms with Gasteiger partial charge in [0.25, 0.3) is 0 Å². The summed E-state index contributed by atoms with van der Waals surface area (Å²) in [5.41, 5.74) is 2.26. The van der Waals surface area contributed by atoms with Crippen LogP contribution in [0, 0.1) is 0 Å². The molecule has 1 saturated carbocycles. The lowest BCUT2D eigenvalue weighted by Gasteiger charge is -2.26. The minimum atomic E-state index is -0.0221. The first-order chi connectivity index (χ1) is 10.2. The number of hydrogen-bond acceptors (Lipinski definition) is 3. The fraction of sp³-hybridized carbons (Fsp3) is 0.625. The summed E-state index contributed by atoms with van der Waals surface area (Å²) in [6.45, 7) is 0.835. The fourth-order valence-electron chi connectivity index (χ4n) is 2.97. The Hall–Kier alpha value is -1.62. The summed E-state index contributed by atoms with van der Waals surface area (Å²) in [7, 11) is 0. The van der Waals surface area contributed by atoms with Crippen LogP contribution in [0.3, 0.4) is 0 Å². The minimum absolute atomic E-state index is 0.0221. The van der Waals surface area contributed by atoms with Crippen molar-refractivity contribution in [1.82, 2.24) is 15.6 Å². The maximum absolute atomic E-state index is 11.6. The molecule has 1 atom stereocenters. The normalized spacial score (nSPS) is 20.9. The molecule has 5 nitrogen and oxygen atoms in total. The lowest BCUT2D eigenvalue weighted by Crippen LogP contribution is -2.29. The van der Waals surface area contributed by atoms with E-state index in [9.17, 15) is 9.59 Å². The summed E-state index contributed by atoms with van der Waals surface area (Å²) in [4.78, 5) is 25.9. The number of fused-ring (bicyclic) bond motifs is 1. The number of H-pyrrole nitrogens is 1. The lowest BCUT2D eigenvalue weighted by atomic mass is 9.91. The Morgan fingerprint density at radius 3 is 2.95 bits per heavy atom. The molecule has 0 bridgehead atoms. The lowest BCUT2D eigenvalue weighted by molar-refractivity contribution is -0.121. The smallest absolute Gasteiger partial charge is 0.248 e. The number of amides is 1. The third-order valence-corrected chi connectivity index (χ3v) is 4.25. The number of hydrogen-bond donors (Lipinski definition) is 3. The van der Waals surface area contributed by atoms with Crippen LogP contribution in [0.1, 0.15) is 55.8 Å². The zero-order valence-electron chi connectivity index (χ0n) is 12.3. The van der Waals surface area contributed by atoms with Crippen LogP contribution < -0.4 is 16.2 Å². The van der Waals surface area contributed by atoms with E-state index < -0.39 is 0 Å². The van der Waals surface area contributed by atoms with Gasteiger partial charge < -0.3 is 15.6 Å². The van der Waals surface area contributed by atoms with Crippen molar-refractivity contribution in [3.05, 3.63) is 33.7 Å². The van der Waals surface area contributed by atoms with Crippen molar-refractivity contribution in [1.29, 1.82) is 0 Å². The average molecular weight is 289 g/mol. The first kappa shape index (κ1) is 14.3. The van der Waals surface area contributed by atoms with E-state index in [1.54, 1.807) is 6.07 Å². The third kappa shape index (κ3) is 3.94. The molecule has 2 aliphatic rings. The molecule has 0 spiro atoms. The van der Waals surface area contributed by atoms with Gasteiger partial charge in [0.15, 0.2) is 0 Å². The monoisotopic (exact) mass is 289 g/mol. The van der Waals surface area contributed by atoms with E-state index in [1.807, 2.05) is 6.07 Å². The molecule has 3 N–H and O–H groups in total. The van der Waals surface area contributed by atoms with E-state index in [0.29, 0.717) is 18.5 Å². The van der Waals surface area contributed by atoms with Gasteiger partial charge in [0.2, 0.25) is 11.5 Å². The third-order valence-electron chi connectivity index (χ3n) is 4.25. The fourth-order valence-corrected chi connectivity index (χ4v) is 2.97. The van der Waals surface area contributed by atoms with Gasteiger partial charge >= 0.3 is 0 Å². The molecule has 0 aromatic carbocycles. The molecule has 5 heteroatoms. The van der Waals surface area contributed by atoms with Gasteiger partial charge in [-0.2, -0.15) is 0 Å². The van der Waals surface area contributed by atoms with E-state index >= 15 is 0 Å². The highest BCUT2D eigenvalue weighted by molar-refractivity contribution is 5.76. The summed E-state index contributed by atoms with van der Waals surface area (Å²) < 4.78 is 0. The van der Waals surface area contributed by atoms with Gasteiger partial charge in [0.05, 0.1) is 0 Å².